The maximum absolute atomic E-state index is 3.82. The fraction of sp³-hybridized carbons (Fsp3) is 0.0741. The second-order valence-electron chi connectivity index (χ2n) is 16.1. The normalized spacial score (nSPS) is 13.4. The second kappa shape index (κ2) is 11.3. The van der Waals surface area contributed by atoms with E-state index < -0.39 is 0 Å². The third-order valence-corrected chi connectivity index (χ3v) is 13.0. The smallest absolute Gasteiger partial charge is 0.0568 e. The minimum atomic E-state index is -0.103. The zero-order chi connectivity index (χ0) is 37.3. The fourth-order valence-corrected chi connectivity index (χ4v) is 10.4. The van der Waals surface area contributed by atoms with Crippen molar-refractivity contribution in [3.05, 3.63) is 181 Å². The summed E-state index contributed by atoms with van der Waals surface area (Å²) in [6.07, 6.45) is 0. The van der Waals surface area contributed by atoms with Crippen LogP contribution in [0.25, 0.3) is 110 Å². The van der Waals surface area contributed by atoms with Gasteiger partial charge in [0.25, 0.3) is 0 Å². The Morgan fingerprint density at radius 1 is 0.393 bits per heavy atom. The van der Waals surface area contributed by atoms with E-state index in [1.807, 2.05) is 0 Å². The van der Waals surface area contributed by atoms with Gasteiger partial charge in [-0.15, -0.1) is 0 Å². The molecule has 12 rings (SSSR count). The van der Waals surface area contributed by atoms with E-state index in [4.69, 9.17) is 0 Å². The molecule has 2 nitrogen and oxygen atoms in total. The van der Waals surface area contributed by atoms with Crippen LogP contribution in [0.3, 0.4) is 0 Å². The van der Waals surface area contributed by atoms with Gasteiger partial charge in [-0.2, -0.15) is 0 Å². The van der Waals surface area contributed by atoms with Crippen molar-refractivity contribution >= 4 is 65.2 Å². The quantitative estimate of drug-likeness (QED) is 0.176. The van der Waals surface area contributed by atoms with Crippen LogP contribution >= 0.6 is 0 Å². The summed E-state index contributed by atoms with van der Waals surface area (Å²) in [6.45, 7) is 4.76. The summed E-state index contributed by atoms with van der Waals surface area (Å²) in [5.74, 6) is 0. The van der Waals surface area contributed by atoms with Gasteiger partial charge in [-0.25, -0.2) is 0 Å². The molecule has 2 heteroatoms. The molecule has 0 aliphatic heterocycles. The van der Waals surface area contributed by atoms with Crippen LogP contribution in [0.1, 0.15) is 25.0 Å². The highest BCUT2D eigenvalue weighted by Crippen LogP contribution is 2.54. The Morgan fingerprint density at radius 2 is 0.929 bits per heavy atom. The van der Waals surface area contributed by atoms with Crippen molar-refractivity contribution < 1.29 is 0 Å². The first-order chi connectivity index (χ1) is 27.5. The molecule has 0 unspecified atom stereocenters. The summed E-state index contributed by atoms with van der Waals surface area (Å²) in [5, 5.41) is 10.1. The number of fused-ring (bicyclic) bond motifs is 11. The van der Waals surface area contributed by atoms with Crippen molar-refractivity contribution in [3.63, 3.8) is 0 Å². The number of rotatable bonds is 3. The maximum Gasteiger partial charge on any atom is 0.0568 e. The molecule has 1 aliphatic carbocycles. The van der Waals surface area contributed by atoms with E-state index in [0.717, 1.165) is 5.52 Å². The van der Waals surface area contributed by atoms with Gasteiger partial charge < -0.3 is 9.55 Å². The molecule has 0 atom stereocenters. The van der Waals surface area contributed by atoms with Gasteiger partial charge >= 0.3 is 0 Å². The highest BCUT2D eigenvalue weighted by Gasteiger charge is 2.37. The SMILES string of the molecule is Cn1c2ccccc2c2cccc(-c3cccc4c(-c5cccc6c5-c5ccccc5C6(C)C)c5cccc(-c6cccc7c6[nH]c6ccccc67)c5cc34)c21. The number of aromatic amines is 1. The molecule has 1 N–H and O–H groups in total. The monoisotopic (exact) mass is 714 g/mol. The van der Waals surface area contributed by atoms with E-state index in [2.05, 4.69) is 200 Å². The van der Waals surface area contributed by atoms with E-state index in [1.54, 1.807) is 0 Å². The molecule has 0 radical (unpaired) electrons. The van der Waals surface area contributed by atoms with Crippen molar-refractivity contribution in [2.24, 2.45) is 7.05 Å². The summed E-state index contributed by atoms with van der Waals surface area (Å²) >= 11 is 0. The standard InChI is InChI=1S/C54H38N2/c1-54(2)46-27-7-4-17-42(46)51-43(26-14-28-47(51)54)50-36-20-10-18-32(38-22-12-23-39-34-15-5-8-29-48(34)55-52(38)39)44(36)31-45-33(19-11-21-37(45)50)40-24-13-25-41-35-16-6-9-30-49(35)56(3)53(40)41/h4-31,55H,1-3H3. The lowest BCUT2D eigenvalue weighted by Crippen LogP contribution is -2.14. The molecular formula is C54H38N2. The van der Waals surface area contributed by atoms with Gasteiger partial charge in [0.15, 0.2) is 0 Å². The lowest BCUT2D eigenvalue weighted by Gasteiger charge is -2.22. The lowest BCUT2D eigenvalue weighted by molar-refractivity contribution is 0.660. The molecule has 1 aliphatic rings. The topological polar surface area (TPSA) is 20.7 Å². The van der Waals surface area contributed by atoms with Crippen LogP contribution in [0.5, 0.6) is 0 Å². The lowest BCUT2D eigenvalue weighted by atomic mass is 9.81. The van der Waals surface area contributed by atoms with E-state index >= 15 is 0 Å². The molecule has 0 bridgehead atoms. The summed E-state index contributed by atoms with van der Waals surface area (Å²) in [5.41, 5.74) is 17.7. The highest BCUT2D eigenvalue weighted by atomic mass is 14.9. The zero-order valence-corrected chi connectivity index (χ0v) is 31.6. The fourth-order valence-electron chi connectivity index (χ4n) is 10.4. The largest absolute Gasteiger partial charge is 0.354 e. The molecule has 0 fully saturated rings. The zero-order valence-electron chi connectivity index (χ0n) is 31.6. The summed E-state index contributed by atoms with van der Waals surface area (Å²) in [7, 11) is 2.21. The average molecular weight is 715 g/mol. The van der Waals surface area contributed by atoms with E-state index in [0.29, 0.717) is 0 Å². The molecule has 0 saturated carbocycles. The Hall–Kier alpha value is -6.90. The number of para-hydroxylation sites is 4. The Bertz CT molecular complexity index is 3460. The van der Waals surface area contributed by atoms with Crippen molar-refractivity contribution in [1.82, 2.24) is 9.55 Å². The second-order valence-corrected chi connectivity index (χ2v) is 16.1. The van der Waals surface area contributed by atoms with Gasteiger partial charge in [0, 0.05) is 56.2 Å². The van der Waals surface area contributed by atoms with Crippen LogP contribution in [-0.4, -0.2) is 9.55 Å². The number of nitrogens with zero attached hydrogens (tertiary/aromatic N) is 1. The first-order valence-electron chi connectivity index (χ1n) is 19.7. The van der Waals surface area contributed by atoms with E-state index in [-0.39, 0.29) is 5.41 Å². The Labute approximate surface area is 325 Å². The number of nitrogens with one attached hydrogen (secondary N) is 1. The van der Waals surface area contributed by atoms with Crippen molar-refractivity contribution in [1.29, 1.82) is 0 Å². The number of H-pyrrole nitrogens is 1. The number of aryl methyl sites for hydroxylation is 1. The molecule has 56 heavy (non-hydrogen) atoms. The Kier molecular flexibility index (Phi) is 6.36. The van der Waals surface area contributed by atoms with Crippen LogP contribution in [0.15, 0.2) is 170 Å². The van der Waals surface area contributed by atoms with Crippen LogP contribution in [0.4, 0.5) is 0 Å². The molecule has 0 spiro atoms. The van der Waals surface area contributed by atoms with Crippen molar-refractivity contribution in [3.8, 4) is 44.5 Å². The minimum Gasteiger partial charge on any atom is -0.354 e. The average Bonchev–Trinajstić information content (AvgIpc) is 3.85. The molecule has 11 aromatic rings. The number of hydrogen-bond acceptors (Lipinski definition) is 0. The van der Waals surface area contributed by atoms with Gasteiger partial charge in [0.05, 0.1) is 11.0 Å². The Morgan fingerprint density at radius 3 is 1.73 bits per heavy atom. The van der Waals surface area contributed by atoms with Crippen LogP contribution < -0.4 is 0 Å². The number of hydrogen-bond donors (Lipinski definition) is 1. The third-order valence-electron chi connectivity index (χ3n) is 13.0. The maximum atomic E-state index is 3.82. The highest BCUT2D eigenvalue weighted by molar-refractivity contribution is 6.24. The van der Waals surface area contributed by atoms with Gasteiger partial charge in [-0.3, -0.25) is 0 Å². The predicted octanol–water partition coefficient (Wildman–Crippen LogP) is 14.6. The van der Waals surface area contributed by atoms with E-state index in [1.165, 1.54) is 115 Å². The molecular weight excluding hydrogens is 677 g/mol. The summed E-state index contributed by atoms with van der Waals surface area (Å²) < 4.78 is 2.38. The number of aromatic nitrogens is 2. The molecule has 2 heterocycles. The summed E-state index contributed by atoms with van der Waals surface area (Å²) in [6, 6.07) is 63.4. The van der Waals surface area contributed by atoms with E-state index in [9.17, 15) is 0 Å². The third kappa shape index (κ3) is 4.11. The first-order valence-corrected chi connectivity index (χ1v) is 19.7. The minimum absolute atomic E-state index is 0.103. The van der Waals surface area contributed by atoms with Gasteiger partial charge in [-0.1, -0.05) is 166 Å². The molecule has 264 valence electrons. The number of benzene rings is 9. The van der Waals surface area contributed by atoms with Crippen LogP contribution in [0, 0.1) is 0 Å². The molecule has 2 aromatic heterocycles. The molecule has 0 amide bonds. The summed E-state index contributed by atoms with van der Waals surface area (Å²) in [4.78, 5) is 3.82. The van der Waals surface area contributed by atoms with Gasteiger partial charge in [-0.05, 0) is 84.3 Å². The molecule has 9 aromatic carbocycles. The van der Waals surface area contributed by atoms with Crippen LogP contribution in [0.2, 0.25) is 0 Å². The Balaban J connectivity index is 1.25. The predicted molar refractivity (Wildman–Crippen MR) is 239 cm³/mol. The van der Waals surface area contributed by atoms with Crippen molar-refractivity contribution in [2.45, 2.75) is 19.3 Å². The van der Waals surface area contributed by atoms with Gasteiger partial charge in [0.2, 0.25) is 0 Å². The van der Waals surface area contributed by atoms with Gasteiger partial charge in [0.1, 0.15) is 0 Å². The molecule has 0 saturated heterocycles. The first kappa shape index (κ1) is 31.5. The van der Waals surface area contributed by atoms with Crippen LogP contribution in [-0.2, 0) is 12.5 Å². The van der Waals surface area contributed by atoms with Crippen molar-refractivity contribution in [2.75, 3.05) is 0 Å².